The number of aromatic nitrogens is 2. The number of carbonyl (C=O) groups excluding carboxylic acids is 1. The van der Waals surface area contributed by atoms with Gasteiger partial charge in [-0.2, -0.15) is 4.98 Å². The summed E-state index contributed by atoms with van der Waals surface area (Å²) in [5.41, 5.74) is 1.03. The molecule has 0 radical (unpaired) electrons. The number of hydrogen-bond donors (Lipinski definition) is 0. The van der Waals surface area contributed by atoms with Crippen LogP contribution in [0, 0.1) is 5.92 Å². The van der Waals surface area contributed by atoms with Crippen molar-refractivity contribution in [2.24, 2.45) is 5.92 Å². The molecule has 1 aromatic heterocycles. The summed E-state index contributed by atoms with van der Waals surface area (Å²) in [6.45, 7) is 2.21. The second-order valence-corrected chi connectivity index (χ2v) is 7.58. The molecule has 0 spiro atoms. The summed E-state index contributed by atoms with van der Waals surface area (Å²) in [5.74, 6) is 2.12. The van der Waals surface area contributed by atoms with E-state index >= 15 is 0 Å². The first-order valence-corrected chi connectivity index (χ1v) is 10.0. The summed E-state index contributed by atoms with van der Waals surface area (Å²) >= 11 is 0. The number of hydrogen-bond acceptors (Lipinski definition) is 5. The highest BCUT2D eigenvalue weighted by atomic mass is 16.5. The third kappa shape index (κ3) is 4.95. The van der Waals surface area contributed by atoms with Gasteiger partial charge in [-0.15, -0.1) is 0 Å². The van der Waals surface area contributed by atoms with Crippen LogP contribution in [-0.2, 0) is 22.4 Å². The van der Waals surface area contributed by atoms with Crippen LogP contribution in [0.2, 0.25) is 0 Å². The van der Waals surface area contributed by atoms with Crippen molar-refractivity contribution in [1.29, 1.82) is 0 Å². The van der Waals surface area contributed by atoms with E-state index in [-0.39, 0.29) is 11.9 Å². The minimum Gasteiger partial charge on any atom is -0.381 e. The van der Waals surface area contributed by atoms with Gasteiger partial charge in [0.25, 0.3) is 0 Å². The molecule has 1 atom stereocenters. The predicted molar refractivity (Wildman–Crippen MR) is 100.0 cm³/mol. The number of likely N-dealkylation sites (tertiary alicyclic amines) is 1. The van der Waals surface area contributed by atoms with Gasteiger partial charge >= 0.3 is 0 Å². The first-order valence-electron chi connectivity index (χ1n) is 10.0. The van der Waals surface area contributed by atoms with E-state index in [2.05, 4.69) is 10.1 Å². The van der Waals surface area contributed by atoms with E-state index in [1.54, 1.807) is 0 Å². The summed E-state index contributed by atoms with van der Waals surface area (Å²) in [7, 11) is 0. The Hall–Kier alpha value is -2.21. The van der Waals surface area contributed by atoms with Crippen molar-refractivity contribution in [3.05, 3.63) is 47.6 Å². The maximum atomic E-state index is 12.9. The molecule has 0 bridgehead atoms. The van der Waals surface area contributed by atoms with E-state index in [1.807, 2.05) is 35.2 Å². The smallest absolute Gasteiger partial charge is 0.249 e. The normalized spacial score (nSPS) is 20.0. The molecule has 1 amide bonds. The SMILES string of the molecule is O=C(Cc1ccccc1)N1CCCCC1c1nc(CCOCC2CC2)no1. The zero-order chi connectivity index (χ0) is 18.5. The molecule has 1 aliphatic carbocycles. The fraction of sp³-hybridized carbons (Fsp3) is 0.571. The van der Waals surface area contributed by atoms with Crippen molar-refractivity contribution >= 4 is 5.91 Å². The molecule has 2 fully saturated rings. The molecular weight excluding hydrogens is 342 g/mol. The number of rotatable bonds is 8. The van der Waals surface area contributed by atoms with Gasteiger partial charge in [0.15, 0.2) is 5.82 Å². The van der Waals surface area contributed by atoms with Crippen molar-refractivity contribution in [3.63, 3.8) is 0 Å². The number of amides is 1. The van der Waals surface area contributed by atoms with Crippen LogP contribution in [0.1, 0.15) is 55.4 Å². The molecule has 1 unspecified atom stereocenters. The Morgan fingerprint density at radius 2 is 2.04 bits per heavy atom. The molecule has 1 aromatic carbocycles. The third-order valence-corrected chi connectivity index (χ3v) is 5.31. The molecule has 4 rings (SSSR count). The maximum absolute atomic E-state index is 12.9. The van der Waals surface area contributed by atoms with E-state index in [0.717, 1.165) is 43.9 Å². The monoisotopic (exact) mass is 369 g/mol. The second-order valence-electron chi connectivity index (χ2n) is 7.58. The standard InChI is InChI=1S/C21H27N3O3/c25-20(14-16-6-2-1-3-7-16)24-12-5-4-8-18(24)21-22-19(23-27-21)11-13-26-15-17-9-10-17/h1-3,6-7,17-18H,4-5,8-15H2. The highest BCUT2D eigenvalue weighted by Gasteiger charge is 2.32. The fourth-order valence-corrected chi connectivity index (χ4v) is 3.56. The summed E-state index contributed by atoms with van der Waals surface area (Å²) in [4.78, 5) is 19.3. The van der Waals surface area contributed by atoms with Crippen LogP contribution in [0.25, 0.3) is 0 Å². The molecule has 1 saturated carbocycles. The van der Waals surface area contributed by atoms with Crippen molar-refractivity contribution in [2.45, 2.75) is 51.0 Å². The number of benzene rings is 1. The van der Waals surface area contributed by atoms with E-state index in [1.165, 1.54) is 12.8 Å². The van der Waals surface area contributed by atoms with Gasteiger partial charge < -0.3 is 14.2 Å². The Morgan fingerprint density at radius 1 is 1.19 bits per heavy atom. The Kier molecular flexibility index (Phi) is 5.82. The molecule has 144 valence electrons. The Balaban J connectivity index is 1.35. The van der Waals surface area contributed by atoms with Crippen molar-refractivity contribution in [3.8, 4) is 0 Å². The molecule has 2 aliphatic rings. The lowest BCUT2D eigenvalue weighted by atomic mass is 10.0. The molecule has 2 aromatic rings. The van der Waals surface area contributed by atoms with Crippen LogP contribution in [0.15, 0.2) is 34.9 Å². The topological polar surface area (TPSA) is 68.5 Å². The van der Waals surface area contributed by atoms with Gasteiger partial charge in [0.1, 0.15) is 6.04 Å². The van der Waals surface area contributed by atoms with Crippen molar-refractivity contribution < 1.29 is 14.1 Å². The molecule has 6 nitrogen and oxygen atoms in total. The maximum Gasteiger partial charge on any atom is 0.249 e. The minimum atomic E-state index is -0.108. The van der Waals surface area contributed by atoms with Crippen molar-refractivity contribution in [1.82, 2.24) is 15.0 Å². The number of ether oxygens (including phenoxy) is 1. The van der Waals surface area contributed by atoms with E-state index in [0.29, 0.717) is 31.2 Å². The van der Waals surface area contributed by atoms with Crippen LogP contribution < -0.4 is 0 Å². The van der Waals surface area contributed by atoms with Crippen LogP contribution in [-0.4, -0.2) is 40.7 Å². The van der Waals surface area contributed by atoms with Crippen LogP contribution in [0.4, 0.5) is 0 Å². The van der Waals surface area contributed by atoms with Gasteiger partial charge in [-0.3, -0.25) is 4.79 Å². The Bertz CT molecular complexity index is 742. The quantitative estimate of drug-likeness (QED) is 0.668. The second kappa shape index (κ2) is 8.65. The average Bonchev–Trinajstić information content (AvgIpc) is 3.41. The molecular formula is C21H27N3O3. The minimum absolute atomic E-state index is 0.108. The number of piperidine rings is 1. The predicted octanol–water partition coefficient (Wildman–Crippen LogP) is 3.34. The molecule has 1 saturated heterocycles. The zero-order valence-corrected chi connectivity index (χ0v) is 15.7. The van der Waals surface area contributed by atoms with E-state index in [9.17, 15) is 4.79 Å². The fourth-order valence-electron chi connectivity index (χ4n) is 3.56. The zero-order valence-electron chi connectivity index (χ0n) is 15.7. The lowest BCUT2D eigenvalue weighted by Gasteiger charge is -2.33. The molecule has 0 N–H and O–H groups in total. The summed E-state index contributed by atoms with van der Waals surface area (Å²) < 4.78 is 11.2. The Labute approximate surface area is 159 Å². The molecule has 1 aliphatic heterocycles. The number of nitrogens with zero attached hydrogens (tertiary/aromatic N) is 3. The third-order valence-electron chi connectivity index (χ3n) is 5.31. The lowest BCUT2D eigenvalue weighted by Crippen LogP contribution is -2.39. The van der Waals surface area contributed by atoms with E-state index < -0.39 is 0 Å². The highest BCUT2D eigenvalue weighted by molar-refractivity contribution is 5.79. The van der Waals surface area contributed by atoms with E-state index in [4.69, 9.17) is 9.26 Å². The lowest BCUT2D eigenvalue weighted by molar-refractivity contribution is -0.135. The Morgan fingerprint density at radius 3 is 2.85 bits per heavy atom. The van der Waals surface area contributed by atoms with Gasteiger partial charge in [0.05, 0.1) is 13.0 Å². The average molecular weight is 369 g/mol. The first kappa shape index (κ1) is 18.2. The number of carbonyl (C=O) groups is 1. The van der Waals surface area contributed by atoms with Gasteiger partial charge in [-0.1, -0.05) is 35.5 Å². The van der Waals surface area contributed by atoms with Gasteiger partial charge in [0, 0.05) is 19.6 Å². The van der Waals surface area contributed by atoms with Gasteiger partial charge in [-0.25, -0.2) is 0 Å². The molecule has 6 heteroatoms. The summed E-state index contributed by atoms with van der Waals surface area (Å²) in [5, 5.41) is 4.10. The first-order chi connectivity index (χ1) is 13.3. The summed E-state index contributed by atoms with van der Waals surface area (Å²) in [6, 6.07) is 9.76. The van der Waals surface area contributed by atoms with Gasteiger partial charge in [0.2, 0.25) is 11.8 Å². The highest BCUT2D eigenvalue weighted by Crippen LogP contribution is 2.31. The molecule has 27 heavy (non-hydrogen) atoms. The largest absolute Gasteiger partial charge is 0.381 e. The van der Waals surface area contributed by atoms with Crippen LogP contribution >= 0.6 is 0 Å². The van der Waals surface area contributed by atoms with Gasteiger partial charge in [-0.05, 0) is 43.6 Å². The molecule has 2 heterocycles. The van der Waals surface area contributed by atoms with Crippen LogP contribution in [0.5, 0.6) is 0 Å². The summed E-state index contributed by atoms with van der Waals surface area (Å²) in [6.07, 6.45) is 6.62. The van der Waals surface area contributed by atoms with Crippen LogP contribution in [0.3, 0.4) is 0 Å². The van der Waals surface area contributed by atoms with Crippen molar-refractivity contribution in [2.75, 3.05) is 19.8 Å².